The number of phenolic OH excluding ortho intramolecular Hbond substituents is 1. The zero-order valence-corrected chi connectivity index (χ0v) is 17.6. The Bertz CT molecular complexity index is 1170. The summed E-state index contributed by atoms with van der Waals surface area (Å²) >= 11 is 4.74. The van der Waals surface area contributed by atoms with Crippen LogP contribution >= 0.6 is 27.7 Å². The summed E-state index contributed by atoms with van der Waals surface area (Å²) in [6, 6.07) is 10.9. The molecule has 4 aromatic rings. The van der Waals surface area contributed by atoms with Gasteiger partial charge in [-0.15, -0.1) is 0 Å². The molecular formula is C20H17BrN2O4S. The number of hydrogen-bond donors (Lipinski definition) is 1. The number of para-hydroxylation sites is 2. The number of rotatable bonds is 5. The number of carbonyl (C=O) groups is 1. The molecule has 0 fully saturated rings. The van der Waals surface area contributed by atoms with Gasteiger partial charge in [-0.25, -0.2) is 9.78 Å². The number of ether oxygens (including phenoxy) is 1. The smallest absolute Gasteiger partial charge is 0.340 e. The predicted octanol–water partition coefficient (Wildman–Crippen LogP) is 5.26. The Kier molecular flexibility index (Phi) is 5.07. The first-order chi connectivity index (χ1) is 13.5. The summed E-state index contributed by atoms with van der Waals surface area (Å²) in [5.41, 5.74) is 3.56. The maximum atomic E-state index is 12.7. The molecular weight excluding hydrogens is 444 g/mol. The van der Waals surface area contributed by atoms with Crippen LogP contribution in [-0.2, 0) is 17.5 Å². The molecule has 0 atom stereocenters. The average Bonchev–Trinajstić information content (AvgIpc) is 3.20. The zero-order valence-electron chi connectivity index (χ0n) is 15.2. The van der Waals surface area contributed by atoms with E-state index >= 15 is 0 Å². The third kappa shape index (κ3) is 3.27. The van der Waals surface area contributed by atoms with Crippen LogP contribution in [0.5, 0.6) is 5.75 Å². The monoisotopic (exact) mass is 460 g/mol. The van der Waals surface area contributed by atoms with Crippen molar-refractivity contribution in [3.63, 3.8) is 0 Å². The first-order valence-electron chi connectivity index (χ1n) is 8.64. The molecule has 6 nitrogen and oxygen atoms in total. The summed E-state index contributed by atoms with van der Waals surface area (Å²) in [4.78, 5) is 17.1. The van der Waals surface area contributed by atoms with Gasteiger partial charge in [0.2, 0.25) is 0 Å². The number of thioether (sulfide) groups is 1. The average molecular weight is 461 g/mol. The largest absolute Gasteiger partial charge is 0.507 e. The fourth-order valence-electron chi connectivity index (χ4n) is 3.14. The van der Waals surface area contributed by atoms with Crippen molar-refractivity contribution >= 4 is 55.7 Å². The van der Waals surface area contributed by atoms with Crippen molar-refractivity contribution in [2.24, 2.45) is 7.05 Å². The van der Waals surface area contributed by atoms with E-state index in [-0.39, 0.29) is 12.4 Å². The van der Waals surface area contributed by atoms with Crippen molar-refractivity contribution in [2.75, 3.05) is 6.61 Å². The molecule has 2 aromatic heterocycles. The lowest BCUT2D eigenvalue weighted by atomic mass is 10.1. The Morgan fingerprint density at radius 3 is 2.89 bits per heavy atom. The summed E-state index contributed by atoms with van der Waals surface area (Å²) in [6.45, 7) is 2.04. The first kappa shape index (κ1) is 18.9. The minimum Gasteiger partial charge on any atom is -0.507 e. The van der Waals surface area contributed by atoms with E-state index in [1.807, 2.05) is 35.9 Å². The number of phenols is 1. The second-order valence-corrected chi connectivity index (χ2v) is 7.94. The summed E-state index contributed by atoms with van der Waals surface area (Å²) in [6.07, 6.45) is 0. The van der Waals surface area contributed by atoms with E-state index in [0.717, 1.165) is 22.3 Å². The third-order valence-electron chi connectivity index (χ3n) is 4.48. The summed E-state index contributed by atoms with van der Waals surface area (Å²) in [7, 11) is 1.89. The molecule has 144 valence electrons. The van der Waals surface area contributed by atoms with E-state index in [4.69, 9.17) is 9.15 Å². The second kappa shape index (κ2) is 7.52. The fraction of sp³-hybridized carbons (Fsp3) is 0.200. The van der Waals surface area contributed by atoms with Gasteiger partial charge in [-0.3, -0.25) is 0 Å². The molecule has 0 saturated heterocycles. The summed E-state index contributed by atoms with van der Waals surface area (Å²) < 4.78 is 13.5. The number of benzene rings is 2. The second-order valence-electron chi connectivity index (χ2n) is 6.16. The number of esters is 1. The number of nitrogens with zero attached hydrogens (tertiary/aromatic N) is 2. The lowest BCUT2D eigenvalue weighted by Crippen LogP contribution is -2.08. The van der Waals surface area contributed by atoms with Crippen molar-refractivity contribution in [2.45, 2.75) is 17.9 Å². The molecule has 0 saturated carbocycles. The molecule has 0 aliphatic heterocycles. The molecule has 0 bridgehead atoms. The van der Waals surface area contributed by atoms with E-state index in [9.17, 15) is 9.90 Å². The highest BCUT2D eigenvalue weighted by molar-refractivity contribution is 9.10. The lowest BCUT2D eigenvalue weighted by molar-refractivity contribution is 0.0527. The minimum absolute atomic E-state index is 0.0711. The van der Waals surface area contributed by atoms with Gasteiger partial charge in [0, 0.05) is 23.9 Å². The Morgan fingerprint density at radius 1 is 1.36 bits per heavy atom. The molecule has 4 rings (SSSR count). The maximum absolute atomic E-state index is 12.7. The number of aromatic hydroxyl groups is 1. The number of aryl methyl sites for hydroxylation is 1. The summed E-state index contributed by atoms with van der Waals surface area (Å²) in [5.74, 6) is 0.120. The highest BCUT2D eigenvalue weighted by Crippen LogP contribution is 2.36. The predicted molar refractivity (Wildman–Crippen MR) is 112 cm³/mol. The quantitative estimate of drug-likeness (QED) is 0.323. The number of aromatic nitrogens is 2. The van der Waals surface area contributed by atoms with Crippen LogP contribution in [0.1, 0.15) is 23.0 Å². The molecule has 1 N–H and O–H groups in total. The maximum Gasteiger partial charge on any atom is 0.340 e. The first-order valence-corrected chi connectivity index (χ1v) is 10.4. The van der Waals surface area contributed by atoms with Crippen LogP contribution in [0.25, 0.3) is 22.0 Å². The van der Waals surface area contributed by atoms with Crippen LogP contribution in [-0.4, -0.2) is 27.2 Å². The van der Waals surface area contributed by atoms with Crippen molar-refractivity contribution in [3.05, 3.63) is 52.1 Å². The molecule has 0 spiro atoms. The van der Waals surface area contributed by atoms with Crippen molar-refractivity contribution in [1.29, 1.82) is 0 Å². The van der Waals surface area contributed by atoms with Crippen molar-refractivity contribution < 1.29 is 19.1 Å². The van der Waals surface area contributed by atoms with Gasteiger partial charge in [-0.05, 0) is 47.1 Å². The van der Waals surface area contributed by atoms with Crippen LogP contribution in [0.2, 0.25) is 0 Å². The molecule has 0 radical (unpaired) electrons. The van der Waals surface area contributed by atoms with Crippen LogP contribution in [0.15, 0.2) is 50.5 Å². The molecule has 28 heavy (non-hydrogen) atoms. The molecule has 2 heterocycles. The Labute approximate surface area is 173 Å². The van der Waals surface area contributed by atoms with Gasteiger partial charge in [0.1, 0.15) is 11.3 Å². The fourth-order valence-corrected chi connectivity index (χ4v) is 4.38. The molecule has 0 amide bonds. The van der Waals surface area contributed by atoms with E-state index in [1.54, 1.807) is 19.1 Å². The van der Waals surface area contributed by atoms with E-state index < -0.39 is 5.97 Å². The molecule has 0 aliphatic rings. The van der Waals surface area contributed by atoms with Crippen LogP contribution in [0, 0.1) is 0 Å². The number of hydrogen-bond acceptors (Lipinski definition) is 6. The number of halogens is 1. The highest BCUT2D eigenvalue weighted by atomic mass is 79.9. The van der Waals surface area contributed by atoms with Crippen molar-refractivity contribution in [1.82, 2.24) is 9.55 Å². The van der Waals surface area contributed by atoms with Crippen LogP contribution < -0.4 is 0 Å². The van der Waals surface area contributed by atoms with Gasteiger partial charge in [-0.2, -0.15) is 0 Å². The molecule has 8 heteroatoms. The van der Waals surface area contributed by atoms with Gasteiger partial charge >= 0.3 is 5.97 Å². The Balaban J connectivity index is 1.76. The zero-order chi connectivity index (χ0) is 19.8. The van der Waals surface area contributed by atoms with E-state index in [1.165, 1.54) is 11.8 Å². The third-order valence-corrected chi connectivity index (χ3v) is 5.95. The Morgan fingerprint density at radius 2 is 2.14 bits per heavy atom. The minimum atomic E-state index is -0.414. The molecule has 0 unspecified atom stereocenters. The highest BCUT2D eigenvalue weighted by Gasteiger charge is 2.24. The number of fused-ring (bicyclic) bond motifs is 2. The number of oxazole rings is 1. The van der Waals surface area contributed by atoms with Gasteiger partial charge in [0.05, 0.1) is 22.2 Å². The molecule has 0 aliphatic carbocycles. The van der Waals surface area contributed by atoms with Crippen LogP contribution in [0.3, 0.4) is 0 Å². The van der Waals surface area contributed by atoms with Gasteiger partial charge in [0.25, 0.3) is 5.22 Å². The standard InChI is InChI=1S/C20H17BrN2O4S/c1-3-26-19(25)18-11-8-16(24)12(21)9-14(11)23(2)15(18)10-28-20-22-13-6-4-5-7-17(13)27-20/h4-9,24H,3,10H2,1-2H3. The SMILES string of the molecule is CCOC(=O)c1c(CSc2nc3ccccc3o2)n(C)c2cc(Br)c(O)cc12. The van der Waals surface area contributed by atoms with E-state index in [0.29, 0.717) is 26.4 Å². The number of carbonyl (C=O) groups excluding carboxylic acids is 1. The van der Waals surface area contributed by atoms with Crippen molar-refractivity contribution in [3.8, 4) is 5.75 Å². The van der Waals surface area contributed by atoms with Gasteiger partial charge < -0.3 is 18.8 Å². The lowest BCUT2D eigenvalue weighted by Gasteiger charge is -2.06. The normalized spacial score (nSPS) is 11.4. The summed E-state index contributed by atoms with van der Waals surface area (Å²) in [5, 5.41) is 11.3. The van der Waals surface area contributed by atoms with Gasteiger partial charge in [-0.1, -0.05) is 23.9 Å². The van der Waals surface area contributed by atoms with Gasteiger partial charge in [0.15, 0.2) is 5.58 Å². The molecule has 2 aromatic carbocycles. The Hall–Kier alpha value is -2.45. The van der Waals surface area contributed by atoms with E-state index in [2.05, 4.69) is 20.9 Å². The topological polar surface area (TPSA) is 77.5 Å². The van der Waals surface area contributed by atoms with Crippen LogP contribution in [0.4, 0.5) is 0 Å².